The summed E-state index contributed by atoms with van der Waals surface area (Å²) in [5.74, 6) is 0.166. The Hall–Kier alpha value is -0.610. The maximum atomic E-state index is 11.8. The van der Waals surface area contributed by atoms with Gasteiger partial charge in [-0.1, -0.05) is 6.92 Å². The van der Waals surface area contributed by atoms with Gasteiger partial charge in [-0.05, 0) is 19.9 Å². The van der Waals surface area contributed by atoms with Crippen molar-refractivity contribution in [2.45, 2.75) is 32.4 Å². The van der Waals surface area contributed by atoms with Crippen LogP contribution in [0.5, 0.6) is 0 Å². The van der Waals surface area contributed by atoms with Crippen molar-refractivity contribution in [2.75, 3.05) is 26.7 Å². The van der Waals surface area contributed by atoms with E-state index in [0.717, 1.165) is 19.5 Å². The Kier molecular flexibility index (Phi) is 3.89. The highest BCUT2D eigenvalue weighted by molar-refractivity contribution is 5.82. The summed E-state index contributed by atoms with van der Waals surface area (Å²) in [6.45, 7) is 6.48. The molecule has 1 heterocycles. The lowest BCUT2D eigenvalue weighted by atomic mass is 10.1. The molecular formula is C10H21N3O. The van der Waals surface area contributed by atoms with Gasteiger partial charge in [0.15, 0.2) is 0 Å². The topological polar surface area (TPSA) is 49.6 Å². The summed E-state index contributed by atoms with van der Waals surface area (Å²) in [5, 5.41) is 0. The van der Waals surface area contributed by atoms with Crippen molar-refractivity contribution in [3.63, 3.8) is 0 Å². The molecule has 0 spiro atoms. The summed E-state index contributed by atoms with van der Waals surface area (Å²) in [6, 6.07) is 0.315. The Morgan fingerprint density at radius 1 is 1.57 bits per heavy atom. The molecule has 2 N–H and O–H groups in total. The summed E-state index contributed by atoms with van der Waals surface area (Å²) >= 11 is 0. The molecule has 2 atom stereocenters. The first kappa shape index (κ1) is 11.5. The minimum Gasteiger partial charge on any atom is -0.343 e. The van der Waals surface area contributed by atoms with Crippen LogP contribution in [0.25, 0.3) is 0 Å². The zero-order valence-electron chi connectivity index (χ0n) is 9.36. The van der Waals surface area contributed by atoms with Gasteiger partial charge >= 0.3 is 0 Å². The average Bonchev–Trinajstić information content (AvgIpc) is 2.15. The molecule has 1 aliphatic heterocycles. The number of carbonyl (C=O) groups is 1. The Labute approximate surface area is 86.0 Å². The van der Waals surface area contributed by atoms with E-state index in [-0.39, 0.29) is 11.9 Å². The van der Waals surface area contributed by atoms with E-state index in [1.165, 1.54) is 0 Å². The van der Waals surface area contributed by atoms with Crippen molar-refractivity contribution in [2.24, 2.45) is 5.73 Å². The Bertz CT molecular complexity index is 208. The Balaban J connectivity index is 2.74. The molecule has 0 bridgehead atoms. The molecule has 1 aliphatic rings. The molecular weight excluding hydrogens is 178 g/mol. The van der Waals surface area contributed by atoms with E-state index in [1.54, 1.807) is 4.90 Å². The van der Waals surface area contributed by atoms with Crippen LogP contribution in [-0.4, -0.2) is 54.5 Å². The third-order valence-electron chi connectivity index (χ3n) is 2.87. The number of piperazine rings is 1. The van der Waals surface area contributed by atoms with Crippen LogP contribution in [0.2, 0.25) is 0 Å². The maximum Gasteiger partial charge on any atom is 0.241 e. The zero-order valence-corrected chi connectivity index (χ0v) is 9.36. The molecule has 0 aromatic rings. The van der Waals surface area contributed by atoms with Crippen molar-refractivity contribution in [3.8, 4) is 0 Å². The number of hydrogen-bond acceptors (Lipinski definition) is 3. The van der Waals surface area contributed by atoms with Crippen LogP contribution in [-0.2, 0) is 4.79 Å². The second-order valence-corrected chi connectivity index (χ2v) is 4.06. The Morgan fingerprint density at radius 2 is 2.21 bits per heavy atom. The van der Waals surface area contributed by atoms with Gasteiger partial charge in [-0.3, -0.25) is 9.69 Å². The molecule has 1 rings (SSSR count). The lowest BCUT2D eigenvalue weighted by Gasteiger charge is -2.43. The van der Waals surface area contributed by atoms with Gasteiger partial charge in [-0.15, -0.1) is 0 Å². The fourth-order valence-electron chi connectivity index (χ4n) is 2.17. The van der Waals surface area contributed by atoms with Gasteiger partial charge in [0.2, 0.25) is 5.91 Å². The predicted molar refractivity (Wildman–Crippen MR) is 56.9 cm³/mol. The van der Waals surface area contributed by atoms with E-state index in [9.17, 15) is 4.79 Å². The molecule has 82 valence electrons. The number of rotatable bonds is 3. The van der Waals surface area contributed by atoms with Gasteiger partial charge < -0.3 is 10.6 Å². The largest absolute Gasteiger partial charge is 0.343 e. The number of nitrogens with zero attached hydrogens (tertiary/aromatic N) is 2. The molecule has 0 aliphatic carbocycles. The van der Waals surface area contributed by atoms with E-state index in [2.05, 4.69) is 18.7 Å². The summed E-state index contributed by atoms with van der Waals surface area (Å²) in [5.41, 5.74) is 5.65. The second kappa shape index (κ2) is 4.75. The third-order valence-corrected chi connectivity index (χ3v) is 2.87. The highest BCUT2D eigenvalue weighted by atomic mass is 16.2. The fraction of sp³-hybridized carbons (Fsp3) is 0.900. The van der Waals surface area contributed by atoms with Gasteiger partial charge in [0.1, 0.15) is 6.04 Å². The van der Waals surface area contributed by atoms with Gasteiger partial charge in [-0.2, -0.15) is 0 Å². The number of nitrogens with two attached hydrogens (primary N) is 1. The van der Waals surface area contributed by atoms with Crippen LogP contribution in [0.4, 0.5) is 0 Å². The Morgan fingerprint density at radius 3 is 2.71 bits per heavy atom. The first-order chi connectivity index (χ1) is 6.61. The number of likely N-dealkylation sites (N-methyl/N-ethyl adjacent to an activating group) is 1. The van der Waals surface area contributed by atoms with Crippen LogP contribution < -0.4 is 5.73 Å². The minimum absolute atomic E-state index is 0.108. The smallest absolute Gasteiger partial charge is 0.241 e. The molecule has 4 heteroatoms. The highest BCUT2D eigenvalue weighted by Crippen LogP contribution is 2.15. The van der Waals surface area contributed by atoms with Crippen LogP contribution >= 0.6 is 0 Å². The van der Waals surface area contributed by atoms with E-state index < -0.39 is 0 Å². The van der Waals surface area contributed by atoms with Gasteiger partial charge in [0.25, 0.3) is 0 Å². The van der Waals surface area contributed by atoms with Crippen molar-refractivity contribution >= 4 is 5.91 Å². The summed E-state index contributed by atoms with van der Waals surface area (Å²) < 4.78 is 0. The van der Waals surface area contributed by atoms with Crippen molar-refractivity contribution < 1.29 is 4.79 Å². The zero-order chi connectivity index (χ0) is 10.7. The number of carbonyl (C=O) groups excluding carboxylic acids is 1. The number of hydrogen-bond donors (Lipinski definition) is 1. The first-order valence-corrected chi connectivity index (χ1v) is 5.32. The van der Waals surface area contributed by atoms with Crippen molar-refractivity contribution in [3.05, 3.63) is 0 Å². The lowest BCUT2D eigenvalue weighted by Crippen LogP contribution is -2.62. The second-order valence-electron chi connectivity index (χ2n) is 4.06. The quantitative estimate of drug-likeness (QED) is 0.690. The molecule has 0 saturated carbocycles. The fourth-order valence-corrected chi connectivity index (χ4v) is 2.17. The predicted octanol–water partition coefficient (Wildman–Crippen LogP) is -0.114. The first-order valence-electron chi connectivity index (χ1n) is 5.32. The van der Waals surface area contributed by atoms with Crippen LogP contribution in [0.3, 0.4) is 0 Å². The molecule has 1 saturated heterocycles. The SMILES string of the molecule is CCCN1C(C)CN(C)C(=O)C1CN. The molecule has 0 radical (unpaired) electrons. The van der Waals surface area contributed by atoms with E-state index in [4.69, 9.17) is 5.73 Å². The molecule has 0 aromatic heterocycles. The minimum atomic E-state index is -0.108. The molecule has 14 heavy (non-hydrogen) atoms. The monoisotopic (exact) mass is 199 g/mol. The standard InChI is InChI=1S/C10H21N3O/c1-4-5-13-8(2)7-12(3)10(14)9(13)6-11/h8-9H,4-7,11H2,1-3H3. The average molecular weight is 199 g/mol. The highest BCUT2D eigenvalue weighted by Gasteiger charge is 2.35. The molecule has 0 aromatic carbocycles. The molecule has 1 amide bonds. The number of amides is 1. The van der Waals surface area contributed by atoms with Gasteiger partial charge in [0.05, 0.1) is 0 Å². The van der Waals surface area contributed by atoms with Crippen LogP contribution in [0.1, 0.15) is 20.3 Å². The third kappa shape index (κ3) is 2.07. The van der Waals surface area contributed by atoms with Crippen LogP contribution in [0.15, 0.2) is 0 Å². The summed E-state index contributed by atoms with van der Waals surface area (Å²) in [6.07, 6.45) is 1.07. The van der Waals surface area contributed by atoms with E-state index in [1.807, 2.05) is 7.05 Å². The maximum absolute atomic E-state index is 11.8. The van der Waals surface area contributed by atoms with Crippen LogP contribution in [0, 0.1) is 0 Å². The van der Waals surface area contributed by atoms with Crippen molar-refractivity contribution in [1.29, 1.82) is 0 Å². The summed E-state index contributed by atoms with van der Waals surface area (Å²) in [4.78, 5) is 15.8. The molecule has 2 unspecified atom stereocenters. The van der Waals surface area contributed by atoms with E-state index >= 15 is 0 Å². The summed E-state index contributed by atoms with van der Waals surface area (Å²) in [7, 11) is 1.85. The molecule has 4 nitrogen and oxygen atoms in total. The van der Waals surface area contributed by atoms with E-state index in [0.29, 0.717) is 12.6 Å². The van der Waals surface area contributed by atoms with Gasteiger partial charge in [-0.25, -0.2) is 0 Å². The molecule has 1 fully saturated rings. The van der Waals surface area contributed by atoms with Gasteiger partial charge in [0, 0.05) is 26.2 Å². The normalized spacial score (nSPS) is 29.7. The lowest BCUT2D eigenvalue weighted by molar-refractivity contribution is -0.142. The van der Waals surface area contributed by atoms with Crippen molar-refractivity contribution in [1.82, 2.24) is 9.80 Å².